The molecule has 1 aliphatic heterocycles. The van der Waals surface area contributed by atoms with E-state index in [0.29, 0.717) is 17.7 Å². The van der Waals surface area contributed by atoms with Crippen molar-refractivity contribution in [3.8, 4) is 0 Å². The van der Waals surface area contributed by atoms with Crippen molar-refractivity contribution in [1.29, 1.82) is 0 Å². The number of aliphatic imine (C=N–C) groups is 1. The highest BCUT2D eigenvalue weighted by atomic mass is 15.2. The van der Waals surface area contributed by atoms with Crippen molar-refractivity contribution in [1.82, 2.24) is 25.5 Å². The number of hydrogen-bond donors (Lipinski definition) is 3. The third kappa shape index (κ3) is 4.85. The van der Waals surface area contributed by atoms with Crippen LogP contribution in [-0.4, -0.2) is 46.0 Å². The molecule has 0 amide bonds. The van der Waals surface area contributed by atoms with E-state index in [-0.39, 0.29) is 0 Å². The van der Waals surface area contributed by atoms with Gasteiger partial charge in [0.25, 0.3) is 0 Å². The smallest absolute Gasteiger partial charge is 0.153 e. The maximum atomic E-state index is 4.57. The lowest BCUT2D eigenvalue weighted by atomic mass is 9.99. The number of nitrogens with zero attached hydrogens (tertiary/aromatic N) is 4. The molecular weight excluding hydrogens is 314 g/mol. The van der Waals surface area contributed by atoms with Crippen LogP contribution in [0, 0.1) is 12.8 Å². The highest BCUT2D eigenvalue weighted by Crippen LogP contribution is 2.18. The van der Waals surface area contributed by atoms with Crippen molar-refractivity contribution in [3.05, 3.63) is 29.3 Å². The van der Waals surface area contributed by atoms with Crippen LogP contribution in [0.2, 0.25) is 0 Å². The molecule has 3 rings (SSSR count). The first-order chi connectivity index (χ1) is 12.1. The van der Waals surface area contributed by atoms with Crippen LogP contribution in [-0.2, 0) is 0 Å². The van der Waals surface area contributed by atoms with Crippen molar-refractivity contribution in [2.75, 3.05) is 25.0 Å². The maximum Gasteiger partial charge on any atom is 0.153 e. The number of aromatic amines is 1. The predicted octanol–water partition coefficient (Wildman–Crippen LogP) is 2.79. The van der Waals surface area contributed by atoms with E-state index in [1.165, 1.54) is 12.8 Å². The minimum atomic E-state index is 0.411. The van der Waals surface area contributed by atoms with E-state index in [1.807, 2.05) is 19.2 Å². The molecule has 25 heavy (non-hydrogen) atoms. The van der Waals surface area contributed by atoms with Crippen molar-refractivity contribution >= 4 is 17.9 Å². The van der Waals surface area contributed by atoms with Gasteiger partial charge in [0, 0.05) is 24.5 Å². The van der Waals surface area contributed by atoms with Gasteiger partial charge in [0.05, 0.1) is 11.9 Å². The second-order valence-corrected chi connectivity index (χ2v) is 6.90. The van der Waals surface area contributed by atoms with Crippen molar-refractivity contribution in [2.45, 2.75) is 39.5 Å². The first-order valence-electron chi connectivity index (χ1n) is 8.98. The summed E-state index contributed by atoms with van der Waals surface area (Å²) < 4.78 is 0. The maximum absolute atomic E-state index is 4.57. The van der Waals surface area contributed by atoms with Crippen LogP contribution in [0.3, 0.4) is 0 Å². The fourth-order valence-corrected chi connectivity index (χ4v) is 2.86. The lowest BCUT2D eigenvalue weighted by Gasteiger charge is -2.20. The van der Waals surface area contributed by atoms with Crippen LogP contribution < -0.4 is 10.6 Å². The fraction of sp³-hybridized carbons (Fsp3) is 0.556. The van der Waals surface area contributed by atoms with Crippen molar-refractivity contribution in [2.24, 2.45) is 10.9 Å². The van der Waals surface area contributed by atoms with E-state index in [4.69, 9.17) is 0 Å². The second-order valence-electron chi connectivity index (χ2n) is 6.90. The molecule has 3 N–H and O–H groups in total. The quantitative estimate of drug-likeness (QED) is 0.703. The van der Waals surface area contributed by atoms with Gasteiger partial charge < -0.3 is 10.6 Å². The van der Waals surface area contributed by atoms with Gasteiger partial charge in [-0.05, 0) is 44.7 Å². The Balaban J connectivity index is 1.59. The Morgan fingerprint density at radius 2 is 2.12 bits per heavy atom. The molecule has 0 aromatic carbocycles. The number of hydrogen-bond acceptors (Lipinski definition) is 6. The van der Waals surface area contributed by atoms with Gasteiger partial charge in [0.1, 0.15) is 11.5 Å². The molecule has 1 aliphatic rings. The van der Waals surface area contributed by atoms with Crippen LogP contribution in [0.1, 0.15) is 49.7 Å². The molecule has 134 valence electrons. The lowest BCUT2D eigenvalue weighted by Crippen LogP contribution is -2.29. The molecule has 2 aromatic heterocycles. The average molecular weight is 341 g/mol. The minimum absolute atomic E-state index is 0.411. The standard InChI is InChI=1S/C18H27N7/c1-12(2)15-8-17(25-24-15)23-18-11-21-16(13(3)22-18)10-20-9-14-4-6-19-7-5-14/h8,10-12,14,19H,4-7,9H2,1-3H3,(H2,22,23,24,25)/b20-10-. The molecule has 0 saturated carbocycles. The summed E-state index contributed by atoms with van der Waals surface area (Å²) in [6, 6.07) is 2.00. The van der Waals surface area contributed by atoms with E-state index < -0.39 is 0 Å². The number of piperidine rings is 1. The number of nitrogens with one attached hydrogen (secondary N) is 3. The third-order valence-electron chi connectivity index (χ3n) is 4.50. The Hall–Kier alpha value is -2.28. The summed E-state index contributed by atoms with van der Waals surface area (Å²) in [6.45, 7) is 9.27. The Bertz CT molecular complexity index is 714. The molecule has 0 spiro atoms. The number of aromatic nitrogens is 4. The molecule has 7 nitrogen and oxygen atoms in total. The molecule has 0 atom stereocenters. The summed E-state index contributed by atoms with van der Waals surface area (Å²) in [5, 5.41) is 13.8. The molecular formula is C18H27N7. The summed E-state index contributed by atoms with van der Waals surface area (Å²) in [5.74, 6) is 2.54. The lowest BCUT2D eigenvalue weighted by molar-refractivity contribution is 0.383. The first kappa shape index (κ1) is 17.5. The number of rotatable bonds is 6. The predicted molar refractivity (Wildman–Crippen MR) is 101 cm³/mol. The van der Waals surface area contributed by atoms with E-state index >= 15 is 0 Å². The van der Waals surface area contributed by atoms with Crippen LogP contribution in [0.5, 0.6) is 0 Å². The topological polar surface area (TPSA) is 90.9 Å². The van der Waals surface area contributed by atoms with Crippen LogP contribution in [0.25, 0.3) is 0 Å². The Kier molecular flexibility index (Phi) is 5.75. The van der Waals surface area contributed by atoms with Gasteiger partial charge in [-0.1, -0.05) is 13.8 Å². The van der Waals surface area contributed by atoms with Gasteiger partial charge in [-0.2, -0.15) is 5.10 Å². The SMILES string of the molecule is Cc1nc(Nc2cc(C(C)C)[nH]n2)cnc1/C=N\CC1CCNCC1. The molecule has 1 fully saturated rings. The number of anilines is 2. The number of aryl methyl sites for hydroxylation is 1. The summed E-state index contributed by atoms with van der Waals surface area (Å²) in [5.41, 5.74) is 2.77. The van der Waals surface area contributed by atoms with Gasteiger partial charge in [0.15, 0.2) is 5.82 Å². The molecule has 7 heteroatoms. The Morgan fingerprint density at radius 3 is 2.80 bits per heavy atom. The van der Waals surface area contributed by atoms with Crippen LogP contribution in [0.4, 0.5) is 11.6 Å². The van der Waals surface area contributed by atoms with E-state index in [9.17, 15) is 0 Å². The van der Waals surface area contributed by atoms with Crippen molar-refractivity contribution in [3.63, 3.8) is 0 Å². The summed E-state index contributed by atoms with van der Waals surface area (Å²) in [6.07, 6.45) is 5.97. The van der Waals surface area contributed by atoms with Crippen LogP contribution in [0.15, 0.2) is 17.3 Å². The van der Waals surface area contributed by atoms with E-state index in [1.54, 1.807) is 6.20 Å². The molecule has 0 unspecified atom stereocenters. The molecule has 0 aliphatic carbocycles. The van der Waals surface area contributed by atoms with Crippen LogP contribution >= 0.6 is 0 Å². The third-order valence-corrected chi connectivity index (χ3v) is 4.50. The average Bonchev–Trinajstić information content (AvgIpc) is 3.07. The molecule has 2 aromatic rings. The van der Waals surface area contributed by atoms with Crippen molar-refractivity contribution < 1.29 is 0 Å². The van der Waals surface area contributed by atoms with Gasteiger partial charge in [-0.3, -0.25) is 10.1 Å². The zero-order valence-corrected chi connectivity index (χ0v) is 15.2. The second kappa shape index (κ2) is 8.20. The van der Waals surface area contributed by atoms with Gasteiger partial charge >= 0.3 is 0 Å². The van der Waals surface area contributed by atoms with Gasteiger partial charge in [-0.25, -0.2) is 9.97 Å². The molecule has 1 saturated heterocycles. The summed E-state index contributed by atoms with van der Waals surface area (Å²) >= 11 is 0. The molecule has 3 heterocycles. The normalized spacial score (nSPS) is 16.0. The zero-order valence-electron chi connectivity index (χ0n) is 15.2. The minimum Gasteiger partial charge on any atom is -0.322 e. The Morgan fingerprint density at radius 1 is 1.32 bits per heavy atom. The van der Waals surface area contributed by atoms with E-state index in [2.05, 4.69) is 49.6 Å². The largest absolute Gasteiger partial charge is 0.322 e. The highest BCUT2D eigenvalue weighted by Gasteiger charge is 2.12. The summed E-state index contributed by atoms with van der Waals surface area (Å²) in [7, 11) is 0. The van der Waals surface area contributed by atoms with Gasteiger partial charge in [0.2, 0.25) is 0 Å². The highest BCUT2D eigenvalue weighted by molar-refractivity contribution is 5.78. The molecule has 0 bridgehead atoms. The zero-order chi connectivity index (χ0) is 17.6. The monoisotopic (exact) mass is 341 g/mol. The number of H-pyrrole nitrogens is 1. The van der Waals surface area contributed by atoms with Gasteiger partial charge in [-0.15, -0.1) is 0 Å². The Labute approximate surface area is 148 Å². The molecule has 0 radical (unpaired) electrons. The first-order valence-corrected chi connectivity index (χ1v) is 8.98. The van der Waals surface area contributed by atoms with E-state index in [0.717, 1.165) is 42.5 Å². The fourth-order valence-electron chi connectivity index (χ4n) is 2.86. The summed E-state index contributed by atoms with van der Waals surface area (Å²) in [4.78, 5) is 13.6.